The molecule has 2 nitrogen and oxygen atoms in total. The van der Waals surface area contributed by atoms with Crippen LogP contribution in [0.5, 0.6) is 0 Å². The highest BCUT2D eigenvalue weighted by molar-refractivity contribution is 6.24. The second-order valence-electron chi connectivity index (χ2n) is 12.6. The maximum atomic E-state index is 2.45. The van der Waals surface area contributed by atoms with E-state index in [1.807, 2.05) is 0 Å². The highest BCUT2D eigenvalue weighted by atomic mass is 15.0. The molecule has 0 saturated carbocycles. The lowest BCUT2D eigenvalue weighted by atomic mass is 9.94. The Labute approximate surface area is 278 Å². The Kier molecular flexibility index (Phi) is 5.91. The third-order valence-electron chi connectivity index (χ3n) is 9.89. The smallest absolute Gasteiger partial charge is 0.0553 e. The molecule has 0 saturated heterocycles. The first kappa shape index (κ1) is 26.8. The molecule has 48 heavy (non-hydrogen) atoms. The number of rotatable bonds is 4. The maximum absolute atomic E-state index is 2.45. The minimum atomic E-state index is 1.16. The van der Waals surface area contributed by atoms with Crippen molar-refractivity contribution in [2.24, 2.45) is 0 Å². The maximum Gasteiger partial charge on any atom is 0.0553 e. The van der Waals surface area contributed by atoms with Crippen LogP contribution in [-0.2, 0) is 0 Å². The van der Waals surface area contributed by atoms with Crippen molar-refractivity contribution in [1.29, 1.82) is 0 Å². The fourth-order valence-electron chi connectivity index (χ4n) is 7.80. The summed E-state index contributed by atoms with van der Waals surface area (Å²) in [4.78, 5) is 0. The van der Waals surface area contributed by atoms with E-state index in [-0.39, 0.29) is 0 Å². The summed E-state index contributed by atoms with van der Waals surface area (Å²) in [6.45, 7) is 0. The average Bonchev–Trinajstić information content (AvgIpc) is 3.68. The summed E-state index contributed by atoms with van der Waals surface area (Å²) in [6.07, 6.45) is 0. The SMILES string of the molecule is c1ccc(-c2cccc(-n3c4ccccc4c4c5ccccc5c(-c5ccc6c(c5)c5ccccc5n6-c5ccccc5)cc43)c2)cc1. The van der Waals surface area contributed by atoms with Crippen LogP contribution in [0.1, 0.15) is 0 Å². The predicted octanol–water partition coefficient (Wildman–Crippen LogP) is 12.4. The van der Waals surface area contributed by atoms with Gasteiger partial charge in [0.05, 0.1) is 22.1 Å². The zero-order valence-electron chi connectivity index (χ0n) is 26.2. The van der Waals surface area contributed by atoms with Crippen LogP contribution in [-0.4, -0.2) is 9.13 Å². The first-order valence-electron chi connectivity index (χ1n) is 16.5. The third-order valence-corrected chi connectivity index (χ3v) is 9.89. The predicted molar refractivity (Wildman–Crippen MR) is 203 cm³/mol. The normalized spacial score (nSPS) is 11.8. The van der Waals surface area contributed by atoms with Crippen LogP contribution < -0.4 is 0 Å². The lowest BCUT2D eigenvalue weighted by Crippen LogP contribution is -1.95. The molecule has 10 aromatic rings. The number of hydrogen-bond donors (Lipinski definition) is 0. The largest absolute Gasteiger partial charge is 0.309 e. The van der Waals surface area contributed by atoms with Crippen molar-refractivity contribution >= 4 is 54.4 Å². The molecule has 0 atom stereocenters. The molecule has 0 N–H and O–H groups in total. The van der Waals surface area contributed by atoms with Crippen molar-refractivity contribution < 1.29 is 0 Å². The Morgan fingerprint density at radius 1 is 0.271 bits per heavy atom. The van der Waals surface area contributed by atoms with Gasteiger partial charge in [0.15, 0.2) is 0 Å². The second-order valence-corrected chi connectivity index (χ2v) is 12.6. The van der Waals surface area contributed by atoms with E-state index in [4.69, 9.17) is 0 Å². The Morgan fingerprint density at radius 3 is 1.62 bits per heavy atom. The van der Waals surface area contributed by atoms with Crippen LogP contribution in [0.3, 0.4) is 0 Å². The average molecular weight is 611 g/mol. The number of fused-ring (bicyclic) bond motifs is 8. The van der Waals surface area contributed by atoms with Crippen molar-refractivity contribution in [3.63, 3.8) is 0 Å². The summed E-state index contributed by atoms with van der Waals surface area (Å²) < 4.78 is 4.83. The monoisotopic (exact) mass is 610 g/mol. The molecule has 0 spiro atoms. The summed E-state index contributed by atoms with van der Waals surface area (Å²) in [6, 6.07) is 66.2. The van der Waals surface area contributed by atoms with E-state index < -0.39 is 0 Å². The fourth-order valence-corrected chi connectivity index (χ4v) is 7.80. The van der Waals surface area contributed by atoms with Crippen LogP contribution in [0.25, 0.3) is 88.0 Å². The second kappa shape index (κ2) is 10.6. The van der Waals surface area contributed by atoms with E-state index in [0.29, 0.717) is 0 Å². The molecule has 8 aromatic carbocycles. The number of aromatic nitrogens is 2. The number of nitrogens with zero attached hydrogens (tertiary/aromatic N) is 2. The zero-order chi connectivity index (χ0) is 31.6. The van der Waals surface area contributed by atoms with Crippen LogP contribution in [0.4, 0.5) is 0 Å². The molecular weight excluding hydrogens is 581 g/mol. The standard InChI is InChI=1S/C46H30N2/c1-3-14-31(15-4-1)32-16-13-19-35(28-32)48-43-25-12-10-23-39(43)46-38-22-8-7-20-36(38)40(30-45(46)48)33-26-27-44-41(29-33)37-21-9-11-24-42(37)47(44)34-17-5-2-6-18-34/h1-30H. The third kappa shape index (κ3) is 4.00. The van der Waals surface area contributed by atoms with Gasteiger partial charge in [0.1, 0.15) is 0 Å². The summed E-state index contributed by atoms with van der Waals surface area (Å²) in [5.74, 6) is 0. The molecule has 0 aliphatic rings. The van der Waals surface area contributed by atoms with Gasteiger partial charge in [0.2, 0.25) is 0 Å². The molecule has 2 heteroatoms. The Morgan fingerprint density at radius 2 is 0.833 bits per heavy atom. The molecular formula is C46H30N2. The molecule has 0 fully saturated rings. The van der Waals surface area contributed by atoms with Crippen molar-refractivity contribution in [2.45, 2.75) is 0 Å². The minimum Gasteiger partial charge on any atom is -0.309 e. The summed E-state index contributed by atoms with van der Waals surface area (Å²) in [5.41, 5.74) is 12.1. The van der Waals surface area contributed by atoms with E-state index >= 15 is 0 Å². The molecule has 0 bridgehead atoms. The highest BCUT2D eigenvalue weighted by Gasteiger charge is 2.19. The van der Waals surface area contributed by atoms with Gasteiger partial charge >= 0.3 is 0 Å². The van der Waals surface area contributed by atoms with Gasteiger partial charge in [-0.2, -0.15) is 0 Å². The van der Waals surface area contributed by atoms with Crippen molar-refractivity contribution in [1.82, 2.24) is 9.13 Å². The van der Waals surface area contributed by atoms with Crippen molar-refractivity contribution in [3.05, 3.63) is 182 Å². The molecule has 2 heterocycles. The molecule has 0 amide bonds. The van der Waals surface area contributed by atoms with Gasteiger partial charge in [-0.3, -0.25) is 0 Å². The lowest BCUT2D eigenvalue weighted by Gasteiger charge is -2.14. The summed E-state index contributed by atoms with van der Waals surface area (Å²) >= 11 is 0. The van der Waals surface area contributed by atoms with Gasteiger partial charge < -0.3 is 9.13 Å². The summed E-state index contributed by atoms with van der Waals surface area (Å²) in [5, 5.41) is 7.60. The minimum absolute atomic E-state index is 1.16. The molecule has 10 rings (SSSR count). The molecule has 224 valence electrons. The van der Waals surface area contributed by atoms with E-state index in [9.17, 15) is 0 Å². The first-order valence-corrected chi connectivity index (χ1v) is 16.5. The topological polar surface area (TPSA) is 9.86 Å². The van der Waals surface area contributed by atoms with E-state index in [1.165, 1.54) is 82.3 Å². The van der Waals surface area contributed by atoms with E-state index in [1.54, 1.807) is 0 Å². The van der Waals surface area contributed by atoms with Crippen molar-refractivity contribution in [3.8, 4) is 33.6 Å². The summed E-state index contributed by atoms with van der Waals surface area (Å²) in [7, 11) is 0. The van der Waals surface area contributed by atoms with E-state index in [2.05, 4.69) is 191 Å². The molecule has 0 aliphatic carbocycles. The van der Waals surface area contributed by atoms with Gasteiger partial charge in [0.25, 0.3) is 0 Å². The molecule has 0 unspecified atom stereocenters. The first-order chi connectivity index (χ1) is 23.8. The molecule has 0 radical (unpaired) electrons. The van der Waals surface area contributed by atoms with Gasteiger partial charge in [-0.25, -0.2) is 0 Å². The van der Waals surface area contributed by atoms with Gasteiger partial charge in [-0.05, 0) is 87.6 Å². The Balaban J connectivity index is 1.27. The lowest BCUT2D eigenvalue weighted by molar-refractivity contribution is 1.18. The zero-order valence-corrected chi connectivity index (χ0v) is 26.2. The Hall–Kier alpha value is -6.38. The van der Waals surface area contributed by atoms with Crippen LogP contribution in [0, 0.1) is 0 Å². The quantitative estimate of drug-likeness (QED) is 0.188. The van der Waals surface area contributed by atoms with Gasteiger partial charge in [0, 0.05) is 32.9 Å². The van der Waals surface area contributed by atoms with Gasteiger partial charge in [-0.1, -0.05) is 127 Å². The number of para-hydroxylation sites is 3. The molecule has 0 aliphatic heterocycles. The van der Waals surface area contributed by atoms with E-state index in [0.717, 1.165) is 5.69 Å². The van der Waals surface area contributed by atoms with Crippen LogP contribution in [0.15, 0.2) is 182 Å². The van der Waals surface area contributed by atoms with Crippen LogP contribution >= 0.6 is 0 Å². The highest BCUT2D eigenvalue weighted by Crippen LogP contribution is 2.43. The van der Waals surface area contributed by atoms with Gasteiger partial charge in [-0.15, -0.1) is 0 Å². The van der Waals surface area contributed by atoms with Crippen molar-refractivity contribution in [2.75, 3.05) is 0 Å². The Bertz CT molecular complexity index is 2820. The number of benzene rings is 8. The molecule has 2 aromatic heterocycles. The van der Waals surface area contributed by atoms with Crippen LogP contribution in [0.2, 0.25) is 0 Å². The number of hydrogen-bond acceptors (Lipinski definition) is 0. The fraction of sp³-hybridized carbons (Fsp3) is 0.